The number of allylic oxidation sites excluding steroid dienone is 1. The van der Waals surface area contributed by atoms with E-state index in [0.29, 0.717) is 23.2 Å². The van der Waals surface area contributed by atoms with E-state index in [4.69, 9.17) is 5.73 Å². The van der Waals surface area contributed by atoms with Crippen molar-refractivity contribution in [3.05, 3.63) is 33.7 Å². The van der Waals surface area contributed by atoms with Crippen LogP contribution in [0.2, 0.25) is 0 Å². The predicted molar refractivity (Wildman–Crippen MR) is 68.7 cm³/mol. The Bertz CT molecular complexity index is 484. The molecule has 0 radical (unpaired) electrons. The van der Waals surface area contributed by atoms with Crippen LogP contribution in [-0.4, -0.2) is 22.2 Å². The van der Waals surface area contributed by atoms with Gasteiger partial charge in [0.2, 0.25) is 5.91 Å². The molecule has 17 heavy (non-hydrogen) atoms. The van der Waals surface area contributed by atoms with Crippen molar-refractivity contribution in [2.24, 2.45) is 5.73 Å². The zero-order valence-corrected chi connectivity index (χ0v) is 10.7. The second-order valence-corrected chi connectivity index (χ2v) is 4.08. The van der Waals surface area contributed by atoms with Gasteiger partial charge in [0.15, 0.2) is 0 Å². The summed E-state index contributed by atoms with van der Waals surface area (Å²) >= 11 is 3.18. The summed E-state index contributed by atoms with van der Waals surface area (Å²) in [5.74, 6) is -0.401. The van der Waals surface area contributed by atoms with Crippen LogP contribution in [-0.2, 0) is 11.3 Å². The number of primary amides is 1. The first-order chi connectivity index (χ1) is 8.06. The molecule has 0 saturated heterocycles. The van der Waals surface area contributed by atoms with E-state index in [2.05, 4.69) is 32.9 Å². The second-order valence-electron chi connectivity index (χ2n) is 3.29. The summed E-state index contributed by atoms with van der Waals surface area (Å²) < 4.78 is 1.65. The van der Waals surface area contributed by atoms with E-state index >= 15 is 0 Å². The van der Waals surface area contributed by atoms with E-state index in [1.165, 1.54) is 10.9 Å². The van der Waals surface area contributed by atoms with Gasteiger partial charge in [-0.05, 0) is 15.9 Å². The number of hydrogen-bond acceptors (Lipinski definition) is 4. The highest BCUT2D eigenvalue weighted by Gasteiger charge is 2.07. The average Bonchev–Trinajstić information content (AvgIpc) is 2.28. The molecule has 1 aromatic heterocycles. The van der Waals surface area contributed by atoms with Crippen LogP contribution in [0, 0.1) is 0 Å². The summed E-state index contributed by atoms with van der Waals surface area (Å²) in [7, 11) is 0. The quantitative estimate of drug-likeness (QED) is 0.748. The maximum absolute atomic E-state index is 11.8. The van der Waals surface area contributed by atoms with Gasteiger partial charge in [0.1, 0.15) is 4.47 Å². The number of amides is 1. The van der Waals surface area contributed by atoms with Crippen molar-refractivity contribution in [3.8, 4) is 0 Å². The number of aromatic nitrogens is 2. The number of hydrogen-bond donors (Lipinski definition) is 2. The average molecular weight is 301 g/mol. The van der Waals surface area contributed by atoms with Crippen molar-refractivity contribution in [3.63, 3.8) is 0 Å². The third-order valence-corrected chi connectivity index (χ3v) is 2.74. The number of carbonyl (C=O) groups is 1. The Kier molecular flexibility index (Phi) is 4.89. The fourth-order valence-electron chi connectivity index (χ4n) is 1.16. The molecule has 92 valence electrons. The number of anilines is 1. The lowest BCUT2D eigenvalue weighted by atomic mass is 10.4. The molecule has 0 aromatic carbocycles. The topological polar surface area (TPSA) is 90.0 Å². The molecule has 0 bridgehead atoms. The van der Waals surface area contributed by atoms with E-state index in [0.717, 1.165) is 0 Å². The number of nitrogens with one attached hydrogen (secondary N) is 1. The molecule has 1 amide bonds. The molecular weight excluding hydrogens is 288 g/mol. The van der Waals surface area contributed by atoms with Gasteiger partial charge in [-0.3, -0.25) is 9.59 Å². The van der Waals surface area contributed by atoms with E-state index in [1.54, 1.807) is 6.08 Å². The third-order valence-electron chi connectivity index (χ3n) is 1.97. The standard InChI is InChI=1S/C10H13BrN4O2/c1-2-5-15-10(17)9(11)7(6-14-15)13-4-3-8(12)16/h2,6,13H,1,3-5H2,(H2,12,16). The molecular formula is C10H13BrN4O2. The Labute approximate surface area is 107 Å². The Balaban J connectivity index is 2.81. The summed E-state index contributed by atoms with van der Waals surface area (Å²) in [5.41, 5.74) is 5.29. The van der Waals surface area contributed by atoms with Crippen molar-refractivity contribution in [2.75, 3.05) is 11.9 Å². The molecule has 0 unspecified atom stereocenters. The number of carbonyl (C=O) groups excluding carboxylic acids is 1. The number of rotatable bonds is 6. The number of nitrogens with zero attached hydrogens (tertiary/aromatic N) is 2. The van der Waals surface area contributed by atoms with E-state index in [9.17, 15) is 9.59 Å². The Hall–Kier alpha value is -1.63. The Morgan fingerprint density at radius 3 is 3.00 bits per heavy atom. The van der Waals surface area contributed by atoms with Crippen LogP contribution in [0.3, 0.4) is 0 Å². The molecule has 1 rings (SSSR count). The summed E-state index contributed by atoms with van der Waals surface area (Å²) in [5, 5.41) is 6.86. The highest BCUT2D eigenvalue weighted by atomic mass is 79.9. The van der Waals surface area contributed by atoms with Crippen LogP contribution in [0.25, 0.3) is 0 Å². The van der Waals surface area contributed by atoms with Crippen molar-refractivity contribution in [1.29, 1.82) is 0 Å². The van der Waals surface area contributed by atoms with E-state index < -0.39 is 5.91 Å². The molecule has 3 N–H and O–H groups in total. The first kappa shape index (κ1) is 13.4. The minimum absolute atomic E-state index is 0.197. The highest BCUT2D eigenvalue weighted by molar-refractivity contribution is 9.10. The summed E-state index contributed by atoms with van der Waals surface area (Å²) in [6, 6.07) is 0. The SMILES string of the molecule is C=CCn1ncc(NCCC(N)=O)c(Br)c1=O. The first-order valence-electron chi connectivity index (χ1n) is 4.95. The van der Waals surface area contributed by atoms with E-state index in [1.807, 2.05) is 0 Å². The molecule has 0 aliphatic heterocycles. The first-order valence-corrected chi connectivity index (χ1v) is 5.74. The van der Waals surface area contributed by atoms with Gasteiger partial charge in [0.05, 0.1) is 18.4 Å². The van der Waals surface area contributed by atoms with Gasteiger partial charge >= 0.3 is 0 Å². The zero-order chi connectivity index (χ0) is 12.8. The lowest BCUT2D eigenvalue weighted by Gasteiger charge is -2.08. The maximum atomic E-state index is 11.8. The monoisotopic (exact) mass is 300 g/mol. The maximum Gasteiger partial charge on any atom is 0.283 e. The van der Waals surface area contributed by atoms with Gasteiger partial charge in [-0.1, -0.05) is 6.08 Å². The van der Waals surface area contributed by atoms with Gasteiger partial charge in [0.25, 0.3) is 5.56 Å². The van der Waals surface area contributed by atoms with Crippen molar-refractivity contribution < 1.29 is 4.79 Å². The molecule has 0 saturated carbocycles. The summed E-state index contributed by atoms with van der Waals surface area (Å²) in [4.78, 5) is 22.3. The molecule has 0 fully saturated rings. The molecule has 1 aromatic rings. The fourth-order valence-corrected chi connectivity index (χ4v) is 1.61. The lowest BCUT2D eigenvalue weighted by molar-refractivity contribution is -0.117. The normalized spacial score (nSPS) is 9.94. The van der Waals surface area contributed by atoms with Crippen molar-refractivity contribution in [1.82, 2.24) is 9.78 Å². The fraction of sp³-hybridized carbons (Fsp3) is 0.300. The predicted octanol–water partition coefficient (Wildman–Crippen LogP) is 0.479. The van der Waals surface area contributed by atoms with Crippen LogP contribution in [0.1, 0.15) is 6.42 Å². The third kappa shape index (κ3) is 3.70. The molecule has 1 heterocycles. The molecule has 0 aliphatic rings. The second kappa shape index (κ2) is 6.19. The van der Waals surface area contributed by atoms with Gasteiger partial charge in [-0.25, -0.2) is 4.68 Å². The van der Waals surface area contributed by atoms with Crippen LogP contribution in [0.15, 0.2) is 28.1 Å². The van der Waals surface area contributed by atoms with Crippen molar-refractivity contribution in [2.45, 2.75) is 13.0 Å². The van der Waals surface area contributed by atoms with E-state index in [-0.39, 0.29) is 12.0 Å². The minimum Gasteiger partial charge on any atom is -0.382 e. The molecule has 0 spiro atoms. The lowest BCUT2D eigenvalue weighted by Crippen LogP contribution is -2.24. The smallest absolute Gasteiger partial charge is 0.283 e. The van der Waals surface area contributed by atoms with Gasteiger partial charge in [-0.15, -0.1) is 6.58 Å². The highest BCUT2D eigenvalue weighted by Crippen LogP contribution is 2.15. The number of halogens is 1. The van der Waals surface area contributed by atoms with Crippen LogP contribution in [0.5, 0.6) is 0 Å². The minimum atomic E-state index is -0.401. The van der Waals surface area contributed by atoms with Crippen LogP contribution >= 0.6 is 15.9 Å². The van der Waals surface area contributed by atoms with Crippen LogP contribution in [0.4, 0.5) is 5.69 Å². The molecule has 6 nitrogen and oxygen atoms in total. The summed E-state index contributed by atoms with van der Waals surface area (Å²) in [6.07, 6.45) is 3.29. The zero-order valence-electron chi connectivity index (χ0n) is 9.15. The van der Waals surface area contributed by atoms with Gasteiger partial charge in [0, 0.05) is 13.0 Å². The molecule has 7 heteroatoms. The van der Waals surface area contributed by atoms with Crippen molar-refractivity contribution >= 4 is 27.5 Å². The molecule has 0 atom stereocenters. The largest absolute Gasteiger partial charge is 0.382 e. The summed E-state index contributed by atoms with van der Waals surface area (Å²) in [6.45, 7) is 4.24. The van der Waals surface area contributed by atoms with Gasteiger partial charge in [-0.2, -0.15) is 5.10 Å². The molecule has 0 aliphatic carbocycles. The number of nitrogens with two attached hydrogens (primary N) is 1. The Morgan fingerprint density at radius 2 is 2.41 bits per heavy atom. The Morgan fingerprint density at radius 1 is 1.71 bits per heavy atom. The van der Waals surface area contributed by atoms with Crippen LogP contribution < -0.4 is 16.6 Å². The van der Waals surface area contributed by atoms with Gasteiger partial charge < -0.3 is 11.1 Å².